The number of halogens is 1. The van der Waals surface area contributed by atoms with Gasteiger partial charge in [-0.3, -0.25) is 0 Å². The standard InChI is InChI=1S/C16H17BrO3/c1-11(18)14-5-3-4-6-16(14)20-10-12-9-13(19-2)7-8-15(12)17/h3-9,11,18H,10H2,1-2H3. The summed E-state index contributed by atoms with van der Waals surface area (Å²) in [6.07, 6.45) is -0.556. The van der Waals surface area contributed by atoms with Crippen molar-refractivity contribution in [1.82, 2.24) is 0 Å². The van der Waals surface area contributed by atoms with Gasteiger partial charge in [0.05, 0.1) is 13.2 Å². The molecule has 0 amide bonds. The maximum Gasteiger partial charge on any atom is 0.125 e. The van der Waals surface area contributed by atoms with Crippen molar-refractivity contribution in [1.29, 1.82) is 0 Å². The number of methoxy groups -OCH3 is 1. The van der Waals surface area contributed by atoms with Crippen molar-refractivity contribution in [2.24, 2.45) is 0 Å². The molecule has 0 bridgehead atoms. The number of hydrogen-bond acceptors (Lipinski definition) is 3. The maximum atomic E-state index is 9.73. The first-order valence-corrected chi connectivity index (χ1v) is 7.13. The van der Waals surface area contributed by atoms with Gasteiger partial charge in [-0.1, -0.05) is 34.1 Å². The molecule has 1 atom stereocenters. The van der Waals surface area contributed by atoms with Crippen LogP contribution in [-0.4, -0.2) is 12.2 Å². The van der Waals surface area contributed by atoms with Crippen molar-refractivity contribution in [3.8, 4) is 11.5 Å². The first kappa shape index (κ1) is 14.9. The smallest absolute Gasteiger partial charge is 0.125 e. The van der Waals surface area contributed by atoms with E-state index >= 15 is 0 Å². The Morgan fingerprint density at radius 3 is 2.65 bits per heavy atom. The van der Waals surface area contributed by atoms with Crippen LogP contribution < -0.4 is 9.47 Å². The van der Waals surface area contributed by atoms with Crippen molar-refractivity contribution in [3.63, 3.8) is 0 Å². The van der Waals surface area contributed by atoms with E-state index in [2.05, 4.69) is 15.9 Å². The van der Waals surface area contributed by atoms with Gasteiger partial charge in [-0.2, -0.15) is 0 Å². The normalized spacial score (nSPS) is 12.0. The van der Waals surface area contributed by atoms with Crippen molar-refractivity contribution >= 4 is 15.9 Å². The Bertz CT molecular complexity index is 582. The Hall–Kier alpha value is -1.52. The van der Waals surface area contributed by atoms with E-state index in [-0.39, 0.29) is 0 Å². The van der Waals surface area contributed by atoms with Crippen LogP contribution in [-0.2, 0) is 6.61 Å². The molecular formula is C16H17BrO3. The molecule has 2 aromatic rings. The Labute approximate surface area is 127 Å². The summed E-state index contributed by atoms with van der Waals surface area (Å²) in [5.41, 5.74) is 1.77. The van der Waals surface area contributed by atoms with Crippen LogP contribution in [0.2, 0.25) is 0 Å². The molecule has 0 aliphatic carbocycles. The van der Waals surface area contributed by atoms with Gasteiger partial charge in [-0.05, 0) is 31.2 Å². The quantitative estimate of drug-likeness (QED) is 0.893. The minimum Gasteiger partial charge on any atom is -0.497 e. The average molecular weight is 337 g/mol. The van der Waals surface area contributed by atoms with Crippen LogP contribution in [0.25, 0.3) is 0 Å². The van der Waals surface area contributed by atoms with Crippen molar-refractivity contribution < 1.29 is 14.6 Å². The van der Waals surface area contributed by atoms with E-state index in [1.807, 2.05) is 42.5 Å². The fourth-order valence-electron chi connectivity index (χ4n) is 1.90. The lowest BCUT2D eigenvalue weighted by molar-refractivity contribution is 0.190. The van der Waals surface area contributed by atoms with Crippen LogP contribution in [0.3, 0.4) is 0 Å². The van der Waals surface area contributed by atoms with Crippen molar-refractivity contribution in [3.05, 3.63) is 58.1 Å². The number of ether oxygens (including phenoxy) is 2. The summed E-state index contributed by atoms with van der Waals surface area (Å²) in [4.78, 5) is 0. The molecule has 0 aromatic heterocycles. The van der Waals surface area contributed by atoms with Gasteiger partial charge in [0.15, 0.2) is 0 Å². The van der Waals surface area contributed by atoms with Gasteiger partial charge in [-0.25, -0.2) is 0 Å². The van der Waals surface area contributed by atoms with Crippen LogP contribution >= 0.6 is 15.9 Å². The third-order valence-corrected chi connectivity index (χ3v) is 3.78. The van der Waals surface area contributed by atoms with Gasteiger partial charge in [0.2, 0.25) is 0 Å². The van der Waals surface area contributed by atoms with E-state index in [1.165, 1.54) is 0 Å². The Morgan fingerprint density at radius 1 is 1.20 bits per heavy atom. The summed E-state index contributed by atoms with van der Waals surface area (Å²) >= 11 is 3.50. The lowest BCUT2D eigenvalue weighted by atomic mass is 10.1. The van der Waals surface area contributed by atoms with Gasteiger partial charge in [0.1, 0.15) is 18.1 Å². The molecule has 2 aromatic carbocycles. The molecule has 4 heteroatoms. The fraction of sp³-hybridized carbons (Fsp3) is 0.250. The van der Waals surface area contributed by atoms with Crippen LogP contribution in [0.1, 0.15) is 24.2 Å². The summed E-state index contributed by atoms with van der Waals surface area (Å²) in [6, 6.07) is 13.2. The summed E-state index contributed by atoms with van der Waals surface area (Å²) < 4.78 is 12.0. The highest BCUT2D eigenvalue weighted by Gasteiger charge is 2.09. The highest BCUT2D eigenvalue weighted by atomic mass is 79.9. The molecule has 106 valence electrons. The third-order valence-electron chi connectivity index (χ3n) is 3.01. The summed E-state index contributed by atoms with van der Waals surface area (Å²) in [6.45, 7) is 2.13. The lowest BCUT2D eigenvalue weighted by Gasteiger charge is -2.14. The van der Waals surface area contributed by atoms with E-state index in [0.29, 0.717) is 12.4 Å². The Balaban J connectivity index is 2.17. The molecule has 0 radical (unpaired) electrons. The number of para-hydroxylation sites is 1. The predicted octanol–water partition coefficient (Wildman–Crippen LogP) is 4.09. The molecule has 20 heavy (non-hydrogen) atoms. The second-order valence-electron chi connectivity index (χ2n) is 4.46. The number of rotatable bonds is 5. The van der Waals surface area contributed by atoms with E-state index < -0.39 is 6.10 Å². The molecule has 0 spiro atoms. The molecule has 0 saturated carbocycles. The second kappa shape index (κ2) is 6.77. The van der Waals surface area contributed by atoms with Crippen molar-refractivity contribution in [2.75, 3.05) is 7.11 Å². The number of aliphatic hydroxyl groups is 1. The van der Waals surface area contributed by atoms with Gasteiger partial charge in [0, 0.05) is 15.6 Å². The largest absolute Gasteiger partial charge is 0.497 e. The zero-order valence-corrected chi connectivity index (χ0v) is 13.1. The molecule has 0 aliphatic rings. The average Bonchev–Trinajstić information content (AvgIpc) is 2.46. The zero-order valence-electron chi connectivity index (χ0n) is 11.5. The number of aliphatic hydroxyl groups excluding tert-OH is 1. The van der Waals surface area contributed by atoms with E-state index in [0.717, 1.165) is 21.3 Å². The molecule has 0 aliphatic heterocycles. The second-order valence-corrected chi connectivity index (χ2v) is 5.31. The number of benzene rings is 2. The topological polar surface area (TPSA) is 38.7 Å². The van der Waals surface area contributed by atoms with E-state index in [1.54, 1.807) is 14.0 Å². The van der Waals surface area contributed by atoms with Crippen LogP contribution in [0, 0.1) is 0 Å². The summed E-state index contributed by atoms with van der Waals surface area (Å²) in [5.74, 6) is 1.48. The molecule has 3 nitrogen and oxygen atoms in total. The highest BCUT2D eigenvalue weighted by Crippen LogP contribution is 2.28. The minimum absolute atomic E-state index is 0.404. The number of hydrogen-bond donors (Lipinski definition) is 1. The monoisotopic (exact) mass is 336 g/mol. The van der Waals surface area contributed by atoms with E-state index in [9.17, 15) is 5.11 Å². The van der Waals surface area contributed by atoms with Crippen LogP contribution in [0.5, 0.6) is 11.5 Å². The van der Waals surface area contributed by atoms with E-state index in [4.69, 9.17) is 9.47 Å². The van der Waals surface area contributed by atoms with Crippen molar-refractivity contribution in [2.45, 2.75) is 19.6 Å². The highest BCUT2D eigenvalue weighted by molar-refractivity contribution is 9.10. The lowest BCUT2D eigenvalue weighted by Crippen LogP contribution is -2.01. The molecule has 1 N–H and O–H groups in total. The molecule has 1 unspecified atom stereocenters. The van der Waals surface area contributed by atoms with Gasteiger partial charge in [-0.15, -0.1) is 0 Å². The fourth-order valence-corrected chi connectivity index (χ4v) is 2.26. The molecule has 0 fully saturated rings. The predicted molar refractivity (Wildman–Crippen MR) is 82.1 cm³/mol. The maximum absolute atomic E-state index is 9.73. The Kier molecular flexibility index (Phi) is 5.04. The third kappa shape index (κ3) is 3.52. The first-order chi connectivity index (χ1) is 9.61. The first-order valence-electron chi connectivity index (χ1n) is 6.34. The molecule has 0 saturated heterocycles. The van der Waals surface area contributed by atoms with Crippen LogP contribution in [0.4, 0.5) is 0 Å². The zero-order chi connectivity index (χ0) is 14.5. The van der Waals surface area contributed by atoms with Gasteiger partial charge in [0.25, 0.3) is 0 Å². The summed E-state index contributed by atoms with van der Waals surface area (Å²) in [7, 11) is 1.64. The molecular weight excluding hydrogens is 320 g/mol. The SMILES string of the molecule is COc1ccc(Br)c(COc2ccccc2C(C)O)c1. The van der Waals surface area contributed by atoms with Gasteiger partial charge >= 0.3 is 0 Å². The summed E-state index contributed by atoms with van der Waals surface area (Å²) in [5, 5.41) is 9.73. The molecule has 2 rings (SSSR count). The van der Waals surface area contributed by atoms with Crippen LogP contribution in [0.15, 0.2) is 46.9 Å². The Morgan fingerprint density at radius 2 is 1.95 bits per heavy atom. The molecule has 0 heterocycles. The van der Waals surface area contributed by atoms with Gasteiger partial charge < -0.3 is 14.6 Å². The minimum atomic E-state index is -0.556.